The number of nitrogens with one attached hydrogen (secondary N) is 1. The fraction of sp³-hybridized carbons (Fsp3) is 0.714. The lowest BCUT2D eigenvalue weighted by atomic mass is 9.94. The summed E-state index contributed by atoms with van der Waals surface area (Å²) in [4.78, 5) is 2.43. The number of likely N-dealkylation sites (tertiary alicyclic amines) is 1. The van der Waals surface area contributed by atoms with E-state index in [4.69, 9.17) is 4.42 Å². The topological polar surface area (TPSA) is 28.4 Å². The van der Waals surface area contributed by atoms with Crippen LogP contribution in [0.25, 0.3) is 0 Å². The lowest BCUT2D eigenvalue weighted by Crippen LogP contribution is -2.31. The predicted octanol–water partition coefficient (Wildman–Crippen LogP) is 2.41. The molecule has 1 aliphatic rings. The number of furan rings is 1. The molecule has 0 saturated carbocycles. The van der Waals surface area contributed by atoms with Crippen molar-refractivity contribution in [3.8, 4) is 0 Å². The second-order valence-corrected chi connectivity index (χ2v) is 5.22. The quantitative estimate of drug-likeness (QED) is 0.796. The highest BCUT2D eigenvalue weighted by atomic mass is 16.3. The van der Waals surface area contributed by atoms with Crippen molar-refractivity contribution < 1.29 is 4.42 Å². The second kappa shape index (κ2) is 6.22. The van der Waals surface area contributed by atoms with Gasteiger partial charge in [-0.2, -0.15) is 0 Å². The van der Waals surface area contributed by atoms with E-state index in [9.17, 15) is 0 Å². The standard InChI is InChI=1S/C14H24N2O/c1-12-3-4-14(17-12)11-15-8-5-13-6-9-16(2)10-7-13/h3-4,13,15H,5-11H2,1-2H3. The highest BCUT2D eigenvalue weighted by Crippen LogP contribution is 2.18. The molecule has 0 atom stereocenters. The van der Waals surface area contributed by atoms with E-state index in [-0.39, 0.29) is 0 Å². The van der Waals surface area contributed by atoms with Crippen molar-refractivity contribution >= 4 is 0 Å². The van der Waals surface area contributed by atoms with Crippen LogP contribution in [-0.2, 0) is 6.54 Å². The summed E-state index contributed by atoms with van der Waals surface area (Å²) in [6.45, 7) is 6.49. The summed E-state index contributed by atoms with van der Waals surface area (Å²) in [7, 11) is 2.22. The molecule has 1 aliphatic heterocycles. The zero-order chi connectivity index (χ0) is 12.1. The van der Waals surface area contributed by atoms with Crippen LogP contribution in [0.4, 0.5) is 0 Å². The van der Waals surface area contributed by atoms with Gasteiger partial charge in [-0.1, -0.05) is 0 Å². The minimum absolute atomic E-state index is 0.862. The summed E-state index contributed by atoms with van der Waals surface area (Å²) in [6.07, 6.45) is 4.02. The van der Waals surface area contributed by atoms with Crippen LogP contribution in [0.1, 0.15) is 30.8 Å². The molecule has 17 heavy (non-hydrogen) atoms. The van der Waals surface area contributed by atoms with Crippen LogP contribution < -0.4 is 5.32 Å². The van der Waals surface area contributed by atoms with Crippen LogP contribution in [-0.4, -0.2) is 31.6 Å². The molecule has 0 unspecified atom stereocenters. The summed E-state index contributed by atoms with van der Waals surface area (Å²) in [5.74, 6) is 2.96. The Morgan fingerprint density at radius 2 is 2.12 bits per heavy atom. The lowest BCUT2D eigenvalue weighted by molar-refractivity contribution is 0.211. The van der Waals surface area contributed by atoms with Crippen molar-refractivity contribution in [2.45, 2.75) is 32.7 Å². The third kappa shape index (κ3) is 4.17. The van der Waals surface area contributed by atoms with Gasteiger partial charge in [-0.05, 0) is 70.9 Å². The van der Waals surface area contributed by atoms with Gasteiger partial charge >= 0.3 is 0 Å². The van der Waals surface area contributed by atoms with Gasteiger partial charge in [0.1, 0.15) is 11.5 Å². The van der Waals surface area contributed by atoms with Gasteiger partial charge in [-0.25, -0.2) is 0 Å². The Morgan fingerprint density at radius 3 is 2.76 bits per heavy atom. The molecule has 2 heterocycles. The summed E-state index contributed by atoms with van der Waals surface area (Å²) in [5.41, 5.74) is 0. The van der Waals surface area contributed by atoms with E-state index in [0.29, 0.717) is 0 Å². The van der Waals surface area contributed by atoms with Gasteiger partial charge in [0.25, 0.3) is 0 Å². The smallest absolute Gasteiger partial charge is 0.117 e. The fourth-order valence-corrected chi connectivity index (χ4v) is 2.45. The lowest BCUT2D eigenvalue weighted by Gasteiger charge is -2.28. The first-order valence-electron chi connectivity index (χ1n) is 6.68. The molecule has 0 bridgehead atoms. The van der Waals surface area contributed by atoms with Crippen molar-refractivity contribution in [1.29, 1.82) is 0 Å². The number of nitrogens with zero attached hydrogens (tertiary/aromatic N) is 1. The third-order valence-electron chi connectivity index (χ3n) is 3.66. The minimum atomic E-state index is 0.862. The fourth-order valence-electron chi connectivity index (χ4n) is 2.45. The molecule has 3 heteroatoms. The van der Waals surface area contributed by atoms with Crippen LogP contribution >= 0.6 is 0 Å². The Bertz CT molecular complexity index is 327. The van der Waals surface area contributed by atoms with E-state index in [0.717, 1.165) is 30.5 Å². The van der Waals surface area contributed by atoms with Gasteiger partial charge in [0.05, 0.1) is 6.54 Å². The zero-order valence-electron chi connectivity index (χ0n) is 11.0. The molecule has 1 fully saturated rings. The monoisotopic (exact) mass is 236 g/mol. The average Bonchev–Trinajstić information content (AvgIpc) is 2.73. The molecule has 1 saturated heterocycles. The molecule has 1 N–H and O–H groups in total. The van der Waals surface area contributed by atoms with Gasteiger partial charge in [0.2, 0.25) is 0 Å². The summed E-state index contributed by atoms with van der Waals surface area (Å²) in [5, 5.41) is 3.47. The molecule has 0 spiro atoms. The number of piperidine rings is 1. The van der Waals surface area contributed by atoms with Crippen molar-refractivity contribution in [2.75, 3.05) is 26.7 Å². The number of hydrogen-bond donors (Lipinski definition) is 1. The SMILES string of the molecule is Cc1ccc(CNCCC2CCN(C)CC2)o1. The largest absolute Gasteiger partial charge is 0.465 e. The van der Waals surface area contributed by atoms with E-state index in [1.165, 1.54) is 32.4 Å². The highest BCUT2D eigenvalue weighted by molar-refractivity contribution is 5.05. The normalized spacial score (nSPS) is 18.7. The van der Waals surface area contributed by atoms with E-state index < -0.39 is 0 Å². The molecule has 96 valence electrons. The number of hydrogen-bond acceptors (Lipinski definition) is 3. The first kappa shape index (κ1) is 12.7. The molecule has 0 aliphatic carbocycles. The van der Waals surface area contributed by atoms with Crippen LogP contribution in [0, 0.1) is 12.8 Å². The average molecular weight is 236 g/mol. The number of aryl methyl sites for hydroxylation is 1. The summed E-state index contributed by atoms with van der Waals surface area (Å²) < 4.78 is 5.52. The second-order valence-electron chi connectivity index (χ2n) is 5.22. The Balaban J connectivity index is 1.57. The highest BCUT2D eigenvalue weighted by Gasteiger charge is 2.15. The molecule has 2 rings (SSSR count). The summed E-state index contributed by atoms with van der Waals surface area (Å²) >= 11 is 0. The van der Waals surface area contributed by atoms with Crippen LogP contribution in [0.3, 0.4) is 0 Å². The van der Waals surface area contributed by atoms with E-state index >= 15 is 0 Å². The molecular weight excluding hydrogens is 212 g/mol. The molecular formula is C14H24N2O. The molecule has 0 amide bonds. The van der Waals surface area contributed by atoms with Crippen molar-refractivity contribution in [3.63, 3.8) is 0 Å². The van der Waals surface area contributed by atoms with Gasteiger partial charge in [0.15, 0.2) is 0 Å². The molecule has 1 aromatic rings. The van der Waals surface area contributed by atoms with Gasteiger partial charge in [-0.3, -0.25) is 0 Å². The van der Waals surface area contributed by atoms with Crippen molar-refractivity contribution in [2.24, 2.45) is 5.92 Å². The third-order valence-corrected chi connectivity index (χ3v) is 3.66. The van der Waals surface area contributed by atoms with Gasteiger partial charge in [-0.15, -0.1) is 0 Å². The van der Waals surface area contributed by atoms with E-state index in [1.54, 1.807) is 0 Å². The van der Waals surface area contributed by atoms with Crippen LogP contribution in [0.2, 0.25) is 0 Å². The van der Waals surface area contributed by atoms with E-state index in [1.807, 2.05) is 13.0 Å². The maximum Gasteiger partial charge on any atom is 0.117 e. The molecule has 1 aromatic heterocycles. The van der Waals surface area contributed by atoms with Crippen molar-refractivity contribution in [1.82, 2.24) is 10.2 Å². The van der Waals surface area contributed by atoms with Crippen molar-refractivity contribution in [3.05, 3.63) is 23.7 Å². The maximum absolute atomic E-state index is 5.52. The Labute approximate surface area is 104 Å². The Kier molecular flexibility index (Phi) is 4.63. The molecule has 0 radical (unpaired) electrons. The van der Waals surface area contributed by atoms with Gasteiger partial charge in [0, 0.05) is 0 Å². The number of rotatable bonds is 5. The molecule has 3 nitrogen and oxygen atoms in total. The van der Waals surface area contributed by atoms with Crippen LogP contribution in [0.5, 0.6) is 0 Å². The zero-order valence-corrected chi connectivity index (χ0v) is 11.0. The predicted molar refractivity (Wildman–Crippen MR) is 70.0 cm³/mol. The Hall–Kier alpha value is -0.800. The first-order chi connectivity index (χ1) is 8.24. The minimum Gasteiger partial charge on any atom is -0.465 e. The first-order valence-corrected chi connectivity index (χ1v) is 6.68. The Morgan fingerprint density at radius 1 is 1.35 bits per heavy atom. The van der Waals surface area contributed by atoms with Crippen LogP contribution in [0.15, 0.2) is 16.5 Å². The summed E-state index contributed by atoms with van der Waals surface area (Å²) in [6, 6.07) is 4.08. The van der Waals surface area contributed by atoms with E-state index in [2.05, 4.69) is 23.3 Å². The maximum atomic E-state index is 5.52. The van der Waals surface area contributed by atoms with Gasteiger partial charge < -0.3 is 14.6 Å². The molecule has 0 aromatic carbocycles.